The predicted molar refractivity (Wildman–Crippen MR) is 128 cm³/mol. The molecule has 0 radical (unpaired) electrons. The van der Waals surface area contributed by atoms with Gasteiger partial charge in [-0.1, -0.05) is 12.7 Å². The van der Waals surface area contributed by atoms with Crippen LogP contribution in [0.5, 0.6) is 11.5 Å². The zero-order valence-electron chi connectivity index (χ0n) is 18.1. The Morgan fingerprint density at radius 2 is 1.71 bits per heavy atom. The molecule has 0 bridgehead atoms. The third kappa shape index (κ3) is 3.83. The van der Waals surface area contributed by atoms with Gasteiger partial charge in [-0.3, -0.25) is 9.59 Å². The Balaban J connectivity index is 1.93. The van der Waals surface area contributed by atoms with E-state index < -0.39 is 0 Å². The standard InChI is InChI=1S/C25H28INO4/c1-4-12-31-25-16(26)13-15(14-21(25)30-3)22-23-17(8-6-10-19(23)28)27(5-2)18-9-7-11-20(29)24(18)22/h4,13-14,22H,1,5-12H2,2-3H3. The maximum atomic E-state index is 13.2. The fourth-order valence-electron chi connectivity index (χ4n) is 5.12. The second kappa shape index (κ2) is 9.18. The highest BCUT2D eigenvalue weighted by atomic mass is 127. The highest BCUT2D eigenvalue weighted by Crippen LogP contribution is 2.50. The van der Waals surface area contributed by atoms with Crippen molar-refractivity contribution in [1.29, 1.82) is 0 Å². The average Bonchev–Trinajstić information content (AvgIpc) is 2.76. The first kappa shape index (κ1) is 22.1. The molecule has 4 rings (SSSR count). The minimum Gasteiger partial charge on any atom is -0.493 e. The second-order valence-corrected chi connectivity index (χ2v) is 9.25. The number of halogens is 1. The van der Waals surface area contributed by atoms with Crippen molar-refractivity contribution in [3.63, 3.8) is 0 Å². The SMILES string of the molecule is C=CCOc1c(I)cc(C2C3=C(CCCC3=O)N(CC)C3=C2C(=O)CCC3)cc1OC. The molecule has 0 amide bonds. The number of allylic oxidation sites excluding steroid dienone is 4. The van der Waals surface area contributed by atoms with Crippen LogP contribution in [0.15, 0.2) is 47.3 Å². The average molecular weight is 533 g/mol. The van der Waals surface area contributed by atoms with E-state index in [1.165, 1.54) is 0 Å². The summed E-state index contributed by atoms with van der Waals surface area (Å²) in [6, 6.07) is 3.97. The van der Waals surface area contributed by atoms with Crippen molar-refractivity contribution in [2.45, 2.75) is 51.4 Å². The van der Waals surface area contributed by atoms with Crippen molar-refractivity contribution < 1.29 is 19.1 Å². The Kier molecular flexibility index (Phi) is 6.55. The number of rotatable bonds is 6. The number of Topliss-reactive ketones (excluding diaryl/α,β-unsaturated/α-hetero) is 2. The summed E-state index contributed by atoms with van der Waals surface area (Å²) in [5, 5.41) is 0. The fourth-order valence-corrected chi connectivity index (χ4v) is 5.90. The topological polar surface area (TPSA) is 55.8 Å². The van der Waals surface area contributed by atoms with E-state index in [4.69, 9.17) is 9.47 Å². The number of hydrogen-bond donors (Lipinski definition) is 0. The number of ketones is 2. The Bertz CT molecular complexity index is 963. The van der Waals surface area contributed by atoms with Gasteiger partial charge in [0.2, 0.25) is 0 Å². The van der Waals surface area contributed by atoms with Gasteiger partial charge in [0.25, 0.3) is 0 Å². The molecular weight excluding hydrogens is 505 g/mol. The molecule has 0 saturated carbocycles. The van der Waals surface area contributed by atoms with Gasteiger partial charge in [0.15, 0.2) is 23.1 Å². The third-order valence-electron chi connectivity index (χ3n) is 6.33. The Labute approximate surface area is 197 Å². The maximum Gasteiger partial charge on any atom is 0.174 e. The molecule has 3 aliphatic rings. The smallest absolute Gasteiger partial charge is 0.174 e. The third-order valence-corrected chi connectivity index (χ3v) is 7.13. The predicted octanol–water partition coefficient (Wildman–Crippen LogP) is 5.30. The van der Waals surface area contributed by atoms with E-state index in [1.54, 1.807) is 13.2 Å². The Morgan fingerprint density at radius 3 is 2.23 bits per heavy atom. The summed E-state index contributed by atoms with van der Waals surface area (Å²) in [6.07, 6.45) is 6.27. The highest BCUT2D eigenvalue weighted by Gasteiger charge is 2.43. The summed E-state index contributed by atoms with van der Waals surface area (Å²) in [5.74, 6) is 1.26. The molecule has 0 aromatic heterocycles. The van der Waals surface area contributed by atoms with E-state index in [0.29, 0.717) is 30.9 Å². The Hall–Kier alpha value is -2.09. The van der Waals surface area contributed by atoms with Crippen LogP contribution in [0.1, 0.15) is 56.9 Å². The second-order valence-electron chi connectivity index (χ2n) is 8.09. The molecule has 0 unspecified atom stereocenters. The van der Waals surface area contributed by atoms with E-state index in [2.05, 4.69) is 41.0 Å². The van der Waals surface area contributed by atoms with Gasteiger partial charge in [-0.05, 0) is 72.9 Å². The van der Waals surface area contributed by atoms with Crippen molar-refractivity contribution >= 4 is 34.2 Å². The lowest BCUT2D eigenvalue weighted by Gasteiger charge is -2.43. The zero-order chi connectivity index (χ0) is 22.1. The number of carbonyl (C=O) groups excluding carboxylic acids is 2. The summed E-state index contributed by atoms with van der Waals surface area (Å²) >= 11 is 2.24. The molecule has 164 valence electrons. The van der Waals surface area contributed by atoms with Gasteiger partial charge < -0.3 is 14.4 Å². The summed E-state index contributed by atoms with van der Waals surface area (Å²) in [5.41, 5.74) is 4.75. The van der Waals surface area contributed by atoms with Gasteiger partial charge in [-0.25, -0.2) is 0 Å². The van der Waals surface area contributed by atoms with Gasteiger partial charge in [0, 0.05) is 47.8 Å². The van der Waals surface area contributed by atoms with Gasteiger partial charge >= 0.3 is 0 Å². The minimum absolute atomic E-state index is 0.163. The van der Waals surface area contributed by atoms with Crippen molar-refractivity contribution in [3.8, 4) is 11.5 Å². The van der Waals surface area contributed by atoms with Gasteiger partial charge in [0.05, 0.1) is 10.7 Å². The van der Waals surface area contributed by atoms with E-state index in [-0.39, 0.29) is 17.5 Å². The zero-order valence-corrected chi connectivity index (χ0v) is 20.3. The van der Waals surface area contributed by atoms with E-state index in [9.17, 15) is 9.59 Å². The molecular formula is C25H28INO4. The fraction of sp³-hybridized carbons (Fsp3) is 0.440. The van der Waals surface area contributed by atoms with Crippen LogP contribution in [-0.4, -0.2) is 36.7 Å². The summed E-state index contributed by atoms with van der Waals surface area (Å²) in [6.45, 7) is 6.97. The molecule has 0 spiro atoms. The highest BCUT2D eigenvalue weighted by molar-refractivity contribution is 14.1. The van der Waals surface area contributed by atoms with Crippen LogP contribution < -0.4 is 9.47 Å². The van der Waals surface area contributed by atoms with Crippen molar-refractivity contribution in [2.75, 3.05) is 20.3 Å². The summed E-state index contributed by atoms with van der Waals surface area (Å²) in [4.78, 5) is 28.7. The first-order valence-electron chi connectivity index (χ1n) is 10.9. The summed E-state index contributed by atoms with van der Waals surface area (Å²) < 4.78 is 12.4. The molecule has 1 aliphatic heterocycles. The molecule has 0 saturated heterocycles. The molecule has 0 fully saturated rings. The molecule has 1 aromatic rings. The maximum absolute atomic E-state index is 13.2. The number of hydrogen-bond acceptors (Lipinski definition) is 5. The van der Waals surface area contributed by atoms with Crippen LogP contribution >= 0.6 is 22.6 Å². The lowest BCUT2D eigenvalue weighted by Crippen LogP contribution is -2.39. The van der Waals surface area contributed by atoms with Crippen LogP contribution in [0.2, 0.25) is 0 Å². The molecule has 1 heterocycles. The van der Waals surface area contributed by atoms with Crippen molar-refractivity contribution in [1.82, 2.24) is 4.90 Å². The van der Waals surface area contributed by atoms with Crippen molar-refractivity contribution in [3.05, 3.63) is 56.5 Å². The molecule has 5 nitrogen and oxygen atoms in total. The first-order valence-corrected chi connectivity index (χ1v) is 12.0. The monoisotopic (exact) mass is 533 g/mol. The number of ether oxygens (including phenoxy) is 2. The largest absolute Gasteiger partial charge is 0.493 e. The van der Waals surface area contributed by atoms with E-state index >= 15 is 0 Å². The normalized spacial score (nSPS) is 19.4. The van der Waals surface area contributed by atoms with Crippen LogP contribution in [0.3, 0.4) is 0 Å². The summed E-state index contributed by atoms with van der Waals surface area (Å²) in [7, 11) is 1.61. The van der Waals surface area contributed by atoms with Crippen LogP contribution in [0, 0.1) is 3.57 Å². The lowest BCUT2D eigenvalue weighted by atomic mass is 9.71. The Morgan fingerprint density at radius 1 is 1.10 bits per heavy atom. The van der Waals surface area contributed by atoms with Gasteiger partial charge in [-0.2, -0.15) is 0 Å². The van der Waals surface area contributed by atoms with E-state index in [0.717, 1.165) is 63.9 Å². The van der Waals surface area contributed by atoms with E-state index in [1.807, 2.05) is 12.1 Å². The number of carbonyl (C=O) groups is 2. The first-order chi connectivity index (χ1) is 15.0. The molecule has 1 aromatic carbocycles. The minimum atomic E-state index is -0.329. The van der Waals surface area contributed by atoms with Crippen LogP contribution in [0.4, 0.5) is 0 Å². The van der Waals surface area contributed by atoms with Gasteiger partial charge in [-0.15, -0.1) is 0 Å². The molecule has 6 heteroatoms. The number of methoxy groups -OCH3 is 1. The quantitative estimate of drug-likeness (QED) is 0.367. The van der Waals surface area contributed by atoms with Crippen molar-refractivity contribution in [2.24, 2.45) is 0 Å². The van der Waals surface area contributed by atoms with Crippen LogP contribution in [-0.2, 0) is 9.59 Å². The van der Waals surface area contributed by atoms with Crippen LogP contribution in [0.25, 0.3) is 0 Å². The molecule has 2 aliphatic carbocycles. The number of nitrogens with zero attached hydrogens (tertiary/aromatic N) is 1. The molecule has 0 atom stereocenters. The van der Waals surface area contributed by atoms with Gasteiger partial charge in [0.1, 0.15) is 6.61 Å². The molecule has 31 heavy (non-hydrogen) atoms. The lowest BCUT2D eigenvalue weighted by molar-refractivity contribution is -0.117. The molecule has 0 N–H and O–H groups in total. The number of benzene rings is 1.